The van der Waals surface area contributed by atoms with Crippen molar-refractivity contribution < 1.29 is 4.39 Å². The summed E-state index contributed by atoms with van der Waals surface area (Å²) in [5.74, 6) is 0. The van der Waals surface area contributed by atoms with Crippen LogP contribution < -0.4 is 0 Å². The Morgan fingerprint density at radius 1 is 1.47 bits per heavy atom. The van der Waals surface area contributed by atoms with Crippen molar-refractivity contribution in [3.8, 4) is 0 Å². The molecule has 0 aromatic heterocycles. The van der Waals surface area contributed by atoms with E-state index in [9.17, 15) is 4.39 Å². The van der Waals surface area contributed by atoms with Crippen LogP contribution in [0.15, 0.2) is 23.9 Å². The van der Waals surface area contributed by atoms with E-state index in [2.05, 4.69) is 32.3 Å². The maximum Gasteiger partial charge on any atom is 0.122 e. The first-order chi connectivity index (χ1) is 6.63. The van der Waals surface area contributed by atoms with E-state index in [1.54, 1.807) is 0 Å². The molecule has 0 aromatic carbocycles. The molecule has 0 bridgehead atoms. The number of hydrogen-bond acceptors (Lipinski definition) is 1. The van der Waals surface area contributed by atoms with Gasteiger partial charge in [0.1, 0.15) is 6.17 Å². The molecular formula is C13H24FN. The summed E-state index contributed by atoms with van der Waals surface area (Å²) in [5, 5.41) is 0. The second-order valence-electron chi connectivity index (χ2n) is 5.43. The first kappa shape index (κ1) is 14.2. The van der Waals surface area contributed by atoms with Crippen molar-refractivity contribution in [3.63, 3.8) is 0 Å². The van der Waals surface area contributed by atoms with Gasteiger partial charge in [-0.05, 0) is 30.4 Å². The standard InChI is InChI=1S/C13H24FN/c1-10(11(2)12(3)14)8-15(7)9-13(4,5)6/h8,12H,2,9H2,1,3-7H3/b10-8-. The molecule has 0 saturated carbocycles. The van der Waals surface area contributed by atoms with E-state index in [-0.39, 0.29) is 5.41 Å². The lowest BCUT2D eigenvalue weighted by Gasteiger charge is -2.26. The van der Waals surface area contributed by atoms with Gasteiger partial charge in [-0.3, -0.25) is 0 Å². The normalized spacial score (nSPS) is 15.0. The molecule has 0 N–H and O–H groups in total. The zero-order valence-corrected chi connectivity index (χ0v) is 10.9. The zero-order chi connectivity index (χ0) is 12.2. The highest BCUT2D eigenvalue weighted by molar-refractivity contribution is 5.28. The summed E-state index contributed by atoms with van der Waals surface area (Å²) in [4.78, 5) is 2.09. The summed E-state index contributed by atoms with van der Waals surface area (Å²) < 4.78 is 13.0. The average molecular weight is 213 g/mol. The fraction of sp³-hybridized carbons (Fsp3) is 0.692. The molecular weight excluding hydrogens is 189 g/mol. The number of rotatable bonds is 4. The molecule has 0 spiro atoms. The Kier molecular flexibility index (Phi) is 5.06. The van der Waals surface area contributed by atoms with Crippen molar-refractivity contribution in [1.29, 1.82) is 0 Å². The molecule has 1 nitrogen and oxygen atoms in total. The van der Waals surface area contributed by atoms with E-state index in [0.717, 1.165) is 12.1 Å². The predicted molar refractivity (Wildman–Crippen MR) is 65.6 cm³/mol. The lowest BCUT2D eigenvalue weighted by atomic mass is 9.96. The van der Waals surface area contributed by atoms with Crippen LogP contribution in [0.25, 0.3) is 0 Å². The third-order valence-corrected chi connectivity index (χ3v) is 2.12. The number of nitrogens with zero attached hydrogens (tertiary/aromatic N) is 1. The van der Waals surface area contributed by atoms with Gasteiger partial charge in [-0.1, -0.05) is 27.4 Å². The largest absolute Gasteiger partial charge is 0.380 e. The van der Waals surface area contributed by atoms with E-state index < -0.39 is 6.17 Å². The van der Waals surface area contributed by atoms with Crippen molar-refractivity contribution in [2.75, 3.05) is 13.6 Å². The fourth-order valence-electron chi connectivity index (χ4n) is 1.52. The van der Waals surface area contributed by atoms with E-state index in [0.29, 0.717) is 5.57 Å². The molecule has 1 unspecified atom stereocenters. The van der Waals surface area contributed by atoms with E-state index in [4.69, 9.17) is 0 Å². The second kappa shape index (κ2) is 5.34. The molecule has 0 aliphatic carbocycles. The van der Waals surface area contributed by atoms with E-state index >= 15 is 0 Å². The highest BCUT2D eigenvalue weighted by atomic mass is 19.1. The van der Waals surface area contributed by atoms with Crippen molar-refractivity contribution in [2.24, 2.45) is 5.41 Å². The first-order valence-corrected chi connectivity index (χ1v) is 5.35. The fourth-order valence-corrected chi connectivity index (χ4v) is 1.52. The molecule has 0 aliphatic rings. The monoisotopic (exact) mass is 213 g/mol. The molecule has 0 amide bonds. The van der Waals surface area contributed by atoms with Crippen molar-refractivity contribution in [2.45, 2.75) is 40.8 Å². The summed E-state index contributed by atoms with van der Waals surface area (Å²) in [7, 11) is 2.00. The molecule has 1 atom stereocenters. The smallest absolute Gasteiger partial charge is 0.122 e. The molecule has 0 radical (unpaired) electrons. The minimum Gasteiger partial charge on any atom is -0.380 e. The molecule has 0 aliphatic heterocycles. The highest BCUT2D eigenvalue weighted by Gasteiger charge is 2.12. The van der Waals surface area contributed by atoms with Crippen molar-refractivity contribution in [1.82, 2.24) is 4.90 Å². The Hall–Kier alpha value is -0.790. The Balaban J connectivity index is 4.42. The summed E-state index contributed by atoms with van der Waals surface area (Å²) in [6.45, 7) is 14.6. The summed E-state index contributed by atoms with van der Waals surface area (Å²) in [6, 6.07) is 0. The van der Waals surface area contributed by atoms with Crippen LogP contribution in [0.4, 0.5) is 4.39 Å². The van der Waals surface area contributed by atoms with Crippen LogP contribution in [-0.2, 0) is 0 Å². The summed E-state index contributed by atoms with van der Waals surface area (Å²) in [6.07, 6.45) is 0.994. The minimum atomic E-state index is -0.968. The van der Waals surface area contributed by atoms with Crippen molar-refractivity contribution >= 4 is 0 Å². The van der Waals surface area contributed by atoms with Crippen LogP contribution >= 0.6 is 0 Å². The van der Waals surface area contributed by atoms with Gasteiger partial charge in [0.05, 0.1) is 0 Å². The molecule has 88 valence electrons. The highest BCUT2D eigenvalue weighted by Crippen LogP contribution is 2.18. The minimum absolute atomic E-state index is 0.244. The van der Waals surface area contributed by atoms with Crippen LogP contribution in [-0.4, -0.2) is 24.7 Å². The van der Waals surface area contributed by atoms with Crippen LogP contribution in [0.1, 0.15) is 34.6 Å². The molecule has 15 heavy (non-hydrogen) atoms. The van der Waals surface area contributed by atoms with Crippen LogP contribution in [0.5, 0.6) is 0 Å². The maximum atomic E-state index is 13.0. The number of halogens is 1. The van der Waals surface area contributed by atoms with Gasteiger partial charge < -0.3 is 4.90 Å². The third kappa shape index (κ3) is 6.32. The maximum absolute atomic E-state index is 13.0. The van der Waals surface area contributed by atoms with Gasteiger partial charge in [-0.15, -0.1) is 0 Å². The van der Waals surface area contributed by atoms with Gasteiger partial charge >= 0.3 is 0 Å². The van der Waals surface area contributed by atoms with Crippen LogP contribution in [0.2, 0.25) is 0 Å². The SMILES string of the molecule is C=C(/C(C)=C\N(C)CC(C)(C)C)C(C)F. The number of hydrogen-bond donors (Lipinski definition) is 0. The molecule has 0 fully saturated rings. The van der Waals surface area contributed by atoms with Gasteiger partial charge in [-0.25, -0.2) is 4.39 Å². The Morgan fingerprint density at radius 2 is 1.93 bits per heavy atom. The number of allylic oxidation sites excluding steroid dienone is 2. The van der Waals surface area contributed by atoms with Crippen molar-refractivity contribution in [3.05, 3.63) is 23.9 Å². The summed E-state index contributed by atoms with van der Waals surface area (Å²) in [5.41, 5.74) is 1.72. The zero-order valence-electron chi connectivity index (χ0n) is 10.9. The third-order valence-electron chi connectivity index (χ3n) is 2.12. The lowest BCUT2D eigenvalue weighted by molar-refractivity contribution is 0.284. The predicted octanol–water partition coefficient (Wildman–Crippen LogP) is 3.78. The van der Waals surface area contributed by atoms with E-state index in [1.807, 2.05) is 20.2 Å². The molecule has 0 rings (SSSR count). The summed E-state index contributed by atoms with van der Waals surface area (Å²) >= 11 is 0. The van der Waals surface area contributed by atoms with Gasteiger partial charge in [0.15, 0.2) is 0 Å². The Bertz CT molecular complexity index is 246. The second-order valence-corrected chi connectivity index (χ2v) is 5.43. The van der Waals surface area contributed by atoms with Crippen LogP contribution in [0.3, 0.4) is 0 Å². The van der Waals surface area contributed by atoms with Gasteiger partial charge in [-0.2, -0.15) is 0 Å². The molecule has 0 heterocycles. The molecule has 0 saturated heterocycles. The first-order valence-electron chi connectivity index (χ1n) is 5.35. The lowest BCUT2D eigenvalue weighted by Crippen LogP contribution is -2.25. The Morgan fingerprint density at radius 3 is 2.27 bits per heavy atom. The molecule has 0 aromatic rings. The number of alkyl halides is 1. The van der Waals surface area contributed by atoms with E-state index in [1.165, 1.54) is 6.92 Å². The molecule has 2 heteroatoms. The van der Waals surface area contributed by atoms with Crippen LogP contribution in [0, 0.1) is 5.41 Å². The van der Waals surface area contributed by atoms with Gasteiger partial charge in [0, 0.05) is 19.8 Å². The van der Waals surface area contributed by atoms with Gasteiger partial charge in [0.2, 0.25) is 0 Å². The topological polar surface area (TPSA) is 3.24 Å². The Labute approximate surface area is 93.7 Å². The average Bonchev–Trinajstić information content (AvgIpc) is 1.98. The van der Waals surface area contributed by atoms with Gasteiger partial charge in [0.25, 0.3) is 0 Å². The quantitative estimate of drug-likeness (QED) is 0.642.